The molecular formula is C11H10FIN2S. The SMILES string of the molecule is Fc1ccc2c3c(n(SI)c2c1)CNCC3. The van der Waals surface area contributed by atoms with Crippen LogP contribution in [0.5, 0.6) is 0 Å². The number of hydrogen-bond acceptors (Lipinski definition) is 2. The topological polar surface area (TPSA) is 17.0 Å². The quantitative estimate of drug-likeness (QED) is 0.797. The van der Waals surface area contributed by atoms with Crippen LogP contribution >= 0.6 is 30.3 Å². The molecule has 1 aromatic carbocycles. The number of fused-ring (bicyclic) bond motifs is 3. The smallest absolute Gasteiger partial charge is 0.125 e. The Morgan fingerprint density at radius 3 is 3.12 bits per heavy atom. The molecule has 0 bridgehead atoms. The van der Waals surface area contributed by atoms with Gasteiger partial charge in [0.1, 0.15) is 5.82 Å². The summed E-state index contributed by atoms with van der Waals surface area (Å²) in [6, 6.07) is 5.07. The van der Waals surface area contributed by atoms with Crippen LogP contribution in [0.3, 0.4) is 0 Å². The van der Waals surface area contributed by atoms with Gasteiger partial charge in [-0.1, -0.05) is 0 Å². The van der Waals surface area contributed by atoms with Crippen molar-refractivity contribution < 1.29 is 4.39 Å². The maximum Gasteiger partial charge on any atom is 0.125 e. The van der Waals surface area contributed by atoms with Gasteiger partial charge >= 0.3 is 0 Å². The number of benzene rings is 1. The fourth-order valence-corrected chi connectivity index (χ4v) is 4.14. The van der Waals surface area contributed by atoms with Gasteiger partial charge in [-0.05, 0) is 36.7 Å². The molecule has 0 saturated carbocycles. The van der Waals surface area contributed by atoms with Gasteiger partial charge in [-0.2, -0.15) is 0 Å². The third kappa shape index (κ3) is 1.56. The second kappa shape index (κ2) is 4.19. The predicted octanol–water partition coefficient (Wildman–Crippen LogP) is 3.27. The summed E-state index contributed by atoms with van der Waals surface area (Å²) in [5.41, 5.74) is 3.65. The number of rotatable bonds is 1. The molecule has 3 rings (SSSR count). The summed E-state index contributed by atoms with van der Waals surface area (Å²) in [5.74, 6) is -0.165. The summed E-state index contributed by atoms with van der Waals surface area (Å²) in [7, 11) is 1.61. The first-order valence-corrected chi connectivity index (χ1v) is 8.44. The molecule has 2 nitrogen and oxygen atoms in total. The van der Waals surface area contributed by atoms with E-state index in [2.05, 4.69) is 30.5 Å². The zero-order valence-corrected chi connectivity index (χ0v) is 11.4. The molecule has 0 radical (unpaired) electrons. The normalized spacial score (nSPS) is 15.4. The predicted molar refractivity (Wildman–Crippen MR) is 74.3 cm³/mol. The number of nitrogens with one attached hydrogen (secondary N) is 1. The molecule has 2 heterocycles. The van der Waals surface area contributed by atoms with Crippen LogP contribution in [0.25, 0.3) is 10.9 Å². The van der Waals surface area contributed by atoms with E-state index in [-0.39, 0.29) is 5.82 Å². The van der Waals surface area contributed by atoms with Gasteiger partial charge in [0.15, 0.2) is 0 Å². The van der Waals surface area contributed by atoms with E-state index in [4.69, 9.17) is 0 Å². The summed E-state index contributed by atoms with van der Waals surface area (Å²) in [6.45, 7) is 1.89. The Hall–Kier alpha value is -0.270. The molecule has 0 spiro atoms. The van der Waals surface area contributed by atoms with Crippen LogP contribution in [-0.4, -0.2) is 10.5 Å². The lowest BCUT2D eigenvalue weighted by Gasteiger charge is -2.14. The van der Waals surface area contributed by atoms with Crippen molar-refractivity contribution in [1.29, 1.82) is 0 Å². The van der Waals surface area contributed by atoms with E-state index in [1.807, 2.05) is 6.07 Å². The molecule has 5 heteroatoms. The molecular weight excluding hydrogens is 338 g/mol. The van der Waals surface area contributed by atoms with Gasteiger partial charge in [-0.3, -0.25) is 3.97 Å². The molecule has 0 fully saturated rings. The van der Waals surface area contributed by atoms with Crippen LogP contribution in [0.2, 0.25) is 0 Å². The maximum atomic E-state index is 13.3. The van der Waals surface area contributed by atoms with Gasteiger partial charge < -0.3 is 5.32 Å². The highest BCUT2D eigenvalue weighted by atomic mass is 127. The summed E-state index contributed by atoms with van der Waals surface area (Å²) in [6.07, 6.45) is 1.03. The Balaban J connectivity index is 2.37. The lowest BCUT2D eigenvalue weighted by Crippen LogP contribution is -2.24. The average molecular weight is 348 g/mol. The van der Waals surface area contributed by atoms with Crippen molar-refractivity contribution in [3.8, 4) is 0 Å². The molecule has 16 heavy (non-hydrogen) atoms. The van der Waals surface area contributed by atoms with Crippen molar-refractivity contribution in [2.24, 2.45) is 0 Å². The monoisotopic (exact) mass is 348 g/mol. The lowest BCUT2D eigenvalue weighted by molar-refractivity contribution is 0.629. The Kier molecular flexibility index (Phi) is 2.85. The van der Waals surface area contributed by atoms with Gasteiger partial charge in [0.05, 0.1) is 5.52 Å². The summed E-state index contributed by atoms with van der Waals surface area (Å²) in [5, 5.41) is 4.56. The summed E-state index contributed by atoms with van der Waals surface area (Å²) >= 11 is 2.25. The molecule has 1 aliphatic rings. The van der Waals surface area contributed by atoms with E-state index in [1.165, 1.54) is 16.6 Å². The van der Waals surface area contributed by atoms with Gasteiger partial charge in [-0.15, -0.1) is 0 Å². The van der Waals surface area contributed by atoms with Crippen molar-refractivity contribution in [2.75, 3.05) is 6.54 Å². The second-order valence-electron chi connectivity index (χ2n) is 3.88. The van der Waals surface area contributed by atoms with Gasteiger partial charge in [0.25, 0.3) is 0 Å². The molecule has 0 atom stereocenters. The van der Waals surface area contributed by atoms with Crippen LogP contribution in [0.4, 0.5) is 4.39 Å². The van der Waals surface area contributed by atoms with Crippen LogP contribution in [0.15, 0.2) is 18.2 Å². The van der Waals surface area contributed by atoms with Crippen molar-refractivity contribution in [3.63, 3.8) is 0 Å². The molecule has 0 aliphatic carbocycles. The fourth-order valence-electron chi connectivity index (χ4n) is 2.31. The largest absolute Gasteiger partial charge is 0.311 e. The highest BCUT2D eigenvalue weighted by molar-refractivity contribution is 14.2. The van der Waals surface area contributed by atoms with E-state index in [0.717, 1.165) is 25.0 Å². The highest BCUT2D eigenvalue weighted by Gasteiger charge is 2.19. The van der Waals surface area contributed by atoms with Crippen molar-refractivity contribution in [1.82, 2.24) is 9.29 Å². The van der Waals surface area contributed by atoms with Crippen LogP contribution in [0, 0.1) is 5.82 Å². The molecule has 1 N–H and O–H groups in total. The van der Waals surface area contributed by atoms with E-state index < -0.39 is 0 Å². The van der Waals surface area contributed by atoms with Gasteiger partial charge in [0, 0.05) is 47.9 Å². The van der Waals surface area contributed by atoms with Gasteiger partial charge in [0.2, 0.25) is 0 Å². The summed E-state index contributed by atoms with van der Waals surface area (Å²) < 4.78 is 15.4. The van der Waals surface area contributed by atoms with Crippen LogP contribution < -0.4 is 5.32 Å². The molecule has 0 amide bonds. The first-order chi connectivity index (χ1) is 7.81. The minimum absolute atomic E-state index is 0.165. The summed E-state index contributed by atoms with van der Waals surface area (Å²) in [4.78, 5) is 0. The van der Waals surface area contributed by atoms with Crippen molar-refractivity contribution in [3.05, 3.63) is 35.3 Å². The second-order valence-corrected chi connectivity index (χ2v) is 5.56. The first-order valence-electron chi connectivity index (χ1n) is 5.13. The molecule has 0 unspecified atom stereocenters. The third-order valence-corrected chi connectivity index (χ3v) is 4.75. The number of halogens is 2. The zero-order valence-electron chi connectivity index (χ0n) is 8.46. The van der Waals surface area contributed by atoms with E-state index >= 15 is 0 Å². The van der Waals surface area contributed by atoms with Crippen molar-refractivity contribution in [2.45, 2.75) is 13.0 Å². The van der Waals surface area contributed by atoms with E-state index in [9.17, 15) is 4.39 Å². The van der Waals surface area contributed by atoms with Crippen LogP contribution in [0.1, 0.15) is 11.3 Å². The standard InChI is InChI=1S/C11H10FIN2S/c12-7-1-2-8-9-3-4-14-6-11(9)15(16-13)10(8)5-7/h1-2,5,14H,3-4,6H2. The molecule has 1 aromatic heterocycles. The van der Waals surface area contributed by atoms with Gasteiger partial charge in [-0.25, -0.2) is 4.39 Å². The highest BCUT2D eigenvalue weighted by Crippen LogP contribution is 2.34. The Morgan fingerprint density at radius 2 is 2.31 bits per heavy atom. The third-order valence-electron chi connectivity index (χ3n) is 3.01. The fraction of sp³-hybridized carbons (Fsp3) is 0.273. The minimum atomic E-state index is -0.165. The minimum Gasteiger partial charge on any atom is -0.311 e. The number of aromatic nitrogens is 1. The number of nitrogens with zero attached hydrogens (tertiary/aromatic N) is 1. The Labute approximate surface area is 109 Å². The lowest BCUT2D eigenvalue weighted by atomic mass is 10.0. The van der Waals surface area contributed by atoms with Crippen molar-refractivity contribution >= 4 is 41.2 Å². The number of hydrogen-bond donors (Lipinski definition) is 1. The average Bonchev–Trinajstić information content (AvgIpc) is 2.61. The molecule has 0 saturated heterocycles. The molecule has 1 aliphatic heterocycles. The molecule has 84 valence electrons. The van der Waals surface area contributed by atoms with E-state index in [1.54, 1.807) is 21.3 Å². The van der Waals surface area contributed by atoms with E-state index in [0.29, 0.717) is 0 Å². The Morgan fingerprint density at radius 1 is 1.44 bits per heavy atom. The zero-order chi connectivity index (χ0) is 11.1. The Bertz CT molecular complexity index is 552. The first kappa shape index (κ1) is 10.9. The van der Waals surface area contributed by atoms with Crippen LogP contribution in [-0.2, 0) is 13.0 Å². The maximum absolute atomic E-state index is 13.3. The molecule has 2 aromatic rings.